The van der Waals surface area contributed by atoms with Crippen LogP contribution in [-0.2, 0) is 6.42 Å². The predicted molar refractivity (Wildman–Crippen MR) is 119 cm³/mol. The highest BCUT2D eigenvalue weighted by molar-refractivity contribution is 5.83. The van der Waals surface area contributed by atoms with E-state index in [0.717, 1.165) is 6.42 Å². The molecule has 0 spiro atoms. The Morgan fingerprint density at radius 3 is 2.04 bits per heavy atom. The Kier molecular flexibility index (Phi) is 4.02. The molecule has 0 fully saturated rings. The summed E-state index contributed by atoms with van der Waals surface area (Å²) in [5.74, 6) is 0. The molecule has 28 heavy (non-hydrogen) atoms. The van der Waals surface area contributed by atoms with E-state index in [0.29, 0.717) is 0 Å². The van der Waals surface area contributed by atoms with Crippen molar-refractivity contribution >= 4 is 17.1 Å². The van der Waals surface area contributed by atoms with Crippen molar-refractivity contribution in [1.82, 2.24) is 0 Å². The zero-order chi connectivity index (χ0) is 19.1. The van der Waals surface area contributed by atoms with E-state index < -0.39 is 0 Å². The van der Waals surface area contributed by atoms with Crippen molar-refractivity contribution in [3.8, 4) is 11.1 Å². The lowest BCUT2D eigenvalue weighted by atomic mass is 10.0. The van der Waals surface area contributed by atoms with Gasteiger partial charge < -0.3 is 4.90 Å². The number of hydrogen-bond donors (Lipinski definition) is 0. The van der Waals surface area contributed by atoms with Crippen molar-refractivity contribution in [2.75, 3.05) is 4.90 Å². The minimum absolute atomic E-state index is 1.01. The van der Waals surface area contributed by atoms with Gasteiger partial charge >= 0.3 is 0 Å². The van der Waals surface area contributed by atoms with Crippen molar-refractivity contribution < 1.29 is 0 Å². The minimum atomic E-state index is 1.01. The van der Waals surface area contributed by atoms with Gasteiger partial charge in [0.1, 0.15) is 0 Å². The maximum Gasteiger partial charge on any atom is 0.0464 e. The second-order valence-corrected chi connectivity index (χ2v) is 7.61. The largest absolute Gasteiger partial charge is 0.310 e. The highest BCUT2D eigenvalue weighted by Crippen LogP contribution is 2.41. The molecule has 0 heterocycles. The van der Waals surface area contributed by atoms with Gasteiger partial charge in [0.2, 0.25) is 0 Å². The fraction of sp³-hybridized carbons (Fsp3) is 0.111. The van der Waals surface area contributed by atoms with Gasteiger partial charge in [-0.15, -0.1) is 0 Å². The Morgan fingerprint density at radius 2 is 1.21 bits per heavy atom. The highest BCUT2D eigenvalue weighted by Gasteiger charge is 2.20. The average molecular weight is 361 g/mol. The maximum atomic E-state index is 2.36. The Balaban J connectivity index is 1.64. The van der Waals surface area contributed by atoms with Crippen molar-refractivity contribution in [2.24, 2.45) is 0 Å². The first-order valence-electron chi connectivity index (χ1n) is 9.84. The van der Waals surface area contributed by atoms with Crippen LogP contribution in [0.3, 0.4) is 0 Å². The number of rotatable bonds is 3. The smallest absolute Gasteiger partial charge is 0.0464 e. The lowest BCUT2D eigenvalue weighted by Crippen LogP contribution is -2.10. The second-order valence-electron chi connectivity index (χ2n) is 7.61. The molecule has 4 aromatic rings. The first kappa shape index (κ1) is 16.8. The Labute approximate surface area is 166 Å². The van der Waals surface area contributed by atoms with Gasteiger partial charge in [0.25, 0.3) is 0 Å². The quantitative estimate of drug-likeness (QED) is 0.325. The lowest BCUT2D eigenvalue weighted by molar-refractivity contribution is 1.22. The minimum Gasteiger partial charge on any atom is -0.310 e. The molecule has 5 rings (SSSR count). The highest BCUT2D eigenvalue weighted by atomic mass is 15.1. The molecule has 0 bridgehead atoms. The van der Waals surface area contributed by atoms with Gasteiger partial charge in [-0.25, -0.2) is 0 Å². The maximum absolute atomic E-state index is 2.36. The van der Waals surface area contributed by atoms with Crippen LogP contribution in [-0.4, -0.2) is 0 Å². The van der Waals surface area contributed by atoms with Crippen LogP contribution in [0.4, 0.5) is 17.1 Å². The van der Waals surface area contributed by atoms with Gasteiger partial charge in [-0.2, -0.15) is 0 Å². The van der Waals surface area contributed by atoms with Gasteiger partial charge in [-0.1, -0.05) is 54.6 Å². The van der Waals surface area contributed by atoms with E-state index in [1.165, 1.54) is 50.4 Å². The molecule has 0 saturated carbocycles. The number of benzene rings is 4. The average Bonchev–Trinajstić information content (AvgIpc) is 3.09. The molecular formula is C27H23N. The first-order chi connectivity index (χ1) is 13.7. The first-order valence-corrected chi connectivity index (χ1v) is 9.84. The summed E-state index contributed by atoms with van der Waals surface area (Å²) < 4.78 is 0. The molecule has 0 atom stereocenters. The molecule has 1 aliphatic carbocycles. The summed E-state index contributed by atoms with van der Waals surface area (Å²) in [4.78, 5) is 2.36. The number of nitrogens with zero attached hydrogens (tertiary/aromatic N) is 1. The molecular weight excluding hydrogens is 338 g/mol. The summed E-state index contributed by atoms with van der Waals surface area (Å²) in [5.41, 5.74) is 11.8. The molecule has 1 heteroatoms. The Bertz CT molecular complexity index is 1160. The van der Waals surface area contributed by atoms with Crippen LogP contribution < -0.4 is 4.90 Å². The van der Waals surface area contributed by atoms with Crippen LogP contribution in [0.25, 0.3) is 11.1 Å². The molecule has 0 aliphatic heterocycles. The Hall–Kier alpha value is -3.32. The van der Waals surface area contributed by atoms with Crippen LogP contribution >= 0.6 is 0 Å². The SMILES string of the molecule is Cc1ccc(N(c2ccccc2)c2ccc3c(c2)Cc2ccccc2-3)cc1C. The zero-order valence-corrected chi connectivity index (χ0v) is 16.3. The van der Waals surface area contributed by atoms with Crippen molar-refractivity contribution in [1.29, 1.82) is 0 Å². The third-order valence-corrected chi connectivity index (χ3v) is 5.80. The molecule has 1 nitrogen and oxygen atoms in total. The van der Waals surface area contributed by atoms with Crippen LogP contribution in [0, 0.1) is 13.8 Å². The van der Waals surface area contributed by atoms with Gasteiger partial charge in [-0.3, -0.25) is 0 Å². The van der Waals surface area contributed by atoms with Crippen LogP contribution in [0.2, 0.25) is 0 Å². The molecule has 0 radical (unpaired) electrons. The lowest BCUT2D eigenvalue weighted by Gasteiger charge is -2.26. The Morgan fingerprint density at radius 1 is 0.536 bits per heavy atom. The van der Waals surface area contributed by atoms with Gasteiger partial charge in [0, 0.05) is 17.1 Å². The van der Waals surface area contributed by atoms with E-state index in [9.17, 15) is 0 Å². The van der Waals surface area contributed by atoms with E-state index in [-0.39, 0.29) is 0 Å². The molecule has 0 aromatic heterocycles. The fourth-order valence-electron chi connectivity index (χ4n) is 4.16. The molecule has 0 unspecified atom stereocenters. The standard InChI is InChI=1S/C27H23N/c1-19-12-13-24(16-20(19)2)28(23-9-4-3-5-10-23)25-14-15-27-22(18-25)17-21-8-6-7-11-26(21)27/h3-16,18H,17H2,1-2H3. The van der Waals surface area contributed by atoms with Crippen molar-refractivity contribution in [3.63, 3.8) is 0 Å². The number of aryl methyl sites for hydroxylation is 2. The van der Waals surface area contributed by atoms with Crippen LogP contribution in [0.1, 0.15) is 22.3 Å². The van der Waals surface area contributed by atoms with E-state index >= 15 is 0 Å². The molecule has 4 aromatic carbocycles. The van der Waals surface area contributed by atoms with E-state index in [1.54, 1.807) is 0 Å². The predicted octanol–water partition coefficient (Wildman–Crippen LogP) is 7.34. The summed E-state index contributed by atoms with van der Waals surface area (Å²) in [6, 6.07) is 33.0. The molecule has 0 saturated heterocycles. The van der Waals surface area contributed by atoms with E-state index in [4.69, 9.17) is 0 Å². The number of fused-ring (bicyclic) bond motifs is 3. The third kappa shape index (κ3) is 2.80. The normalized spacial score (nSPS) is 11.8. The number of hydrogen-bond acceptors (Lipinski definition) is 1. The molecule has 1 aliphatic rings. The summed E-state index contributed by atoms with van der Waals surface area (Å²) >= 11 is 0. The summed E-state index contributed by atoms with van der Waals surface area (Å²) in [6.07, 6.45) is 1.01. The van der Waals surface area contributed by atoms with E-state index in [2.05, 4.69) is 110 Å². The van der Waals surface area contributed by atoms with Gasteiger partial charge in [0.05, 0.1) is 0 Å². The van der Waals surface area contributed by atoms with Gasteiger partial charge in [-0.05, 0) is 90.0 Å². The number of anilines is 3. The topological polar surface area (TPSA) is 3.24 Å². The monoisotopic (exact) mass is 361 g/mol. The molecule has 0 amide bonds. The fourth-order valence-corrected chi connectivity index (χ4v) is 4.16. The van der Waals surface area contributed by atoms with Crippen molar-refractivity contribution in [3.05, 3.63) is 113 Å². The summed E-state index contributed by atoms with van der Waals surface area (Å²) in [5, 5.41) is 0. The van der Waals surface area contributed by atoms with E-state index in [1.807, 2.05) is 0 Å². The van der Waals surface area contributed by atoms with Crippen molar-refractivity contribution in [2.45, 2.75) is 20.3 Å². The summed E-state index contributed by atoms with van der Waals surface area (Å²) in [6.45, 7) is 4.35. The zero-order valence-electron chi connectivity index (χ0n) is 16.3. The second kappa shape index (κ2) is 6.69. The third-order valence-electron chi connectivity index (χ3n) is 5.80. The van der Waals surface area contributed by atoms with Gasteiger partial charge in [0.15, 0.2) is 0 Å². The summed E-state index contributed by atoms with van der Waals surface area (Å²) in [7, 11) is 0. The van der Waals surface area contributed by atoms with Crippen LogP contribution in [0.5, 0.6) is 0 Å². The molecule has 0 N–H and O–H groups in total. The van der Waals surface area contributed by atoms with Crippen LogP contribution in [0.15, 0.2) is 91.0 Å². The number of para-hydroxylation sites is 1. The molecule has 136 valence electrons.